The number of ether oxygens (including phenoxy) is 3. The highest BCUT2D eigenvalue weighted by Gasteiger charge is 2.19. The molecule has 0 spiro atoms. The zero-order valence-corrected chi connectivity index (χ0v) is 43.0. The second kappa shape index (κ2) is 54.6. The molecule has 0 saturated carbocycles. The Hall–Kier alpha value is -4.97. The Kier molecular flexibility index (Phi) is 50.6. The maximum absolute atomic E-state index is 12.8. The molecule has 0 rings (SSSR count). The van der Waals surface area contributed by atoms with Gasteiger partial charge in [0.2, 0.25) is 0 Å². The number of unbranched alkanes of at least 4 members (excludes halogenated alkanes) is 13. The van der Waals surface area contributed by atoms with Gasteiger partial charge in [0, 0.05) is 19.3 Å². The summed E-state index contributed by atoms with van der Waals surface area (Å²) >= 11 is 0. The van der Waals surface area contributed by atoms with Gasteiger partial charge in [-0.3, -0.25) is 14.4 Å². The molecule has 6 heteroatoms. The molecule has 0 fully saturated rings. The number of hydrogen-bond acceptors (Lipinski definition) is 6. The minimum Gasteiger partial charge on any atom is -0.462 e. The van der Waals surface area contributed by atoms with Crippen molar-refractivity contribution in [3.8, 4) is 0 Å². The molecule has 1 unspecified atom stereocenters. The number of rotatable bonds is 45. The summed E-state index contributed by atoms with van der Waals surface area (Å²) in [5, 5.41) is 0. The average Bonchev–Trinajstić information content (AvgIpc) is 3.34. The standard InChI is InChI=1S/C62H94O6/c1-4-7-10-13-16-19-22-25-27-29-31-33-34-37-40-43-46-49-52-55-61(64)67-58-59(57-66-60(63)54-51-48-45-42-39-36-24-21-18-15-12-9-6-3)68-62(65)56-53-50-47-44-41-38-35-32-30-28-26-23-20-17-14-11-8-5-2/h7,9-10,12,15-16,18-19,21,23-28,30-33,35-37,39-40,46,49,59H,4-6,8,11,13-14,17,20,22,29,34,38,41-45,47-48,50-58H2,1-3H3/b10-7-,12-9-,18-15-,19-16-,24-21-,26-23-,27-25-,30-28-,33-31-,35-32-,39-36-,40-37-,49-46-. The monoisotopic (exact) mass is 935 g/mol. The molecule has 0 aliphatic carbocycles. The molecule has 0 aromatic rings. The summed E-state index contributed by atoms with van der Waals surface area (Å²) in [6.07, 6.45) is 79.5. The van der Waals surface area contributed by atoms with E-state index in [9.17, 15) is 14.4 Å². The van der Waals surface area contributed by atoms with Crippen LogP contribution in [0.3, 0.4) is 0 Å². The number of carbonyl (C=O) groups excluding carboxylic acids is 3. The van der Waals surface area contributed by atoms with Gasteiger partial charge in [-0.05, 0) is 103 Å². The number of hydrogen-bond donors (Lipinski definition) is 0. The van der Waals surface area contributed by atoms with Crippen molar-refractivity contribution in [2.75, 3.05) is 13.2 Å². The van der Waals surface area contributed by atoms with Gasteiger partial charge in [0.1, 0.15) is 13.2 Å². The van der Waals surface area contributed by atoms with Gasteiger partial charge in [-0.25, -0.2) is 0 Å². The van der Waals surface area contributed by atoms with E-state index in [1.165, 1.54) is 32.1 Å². The molecule has 0 aromatic carbocycles. The first-order chi connectivity index (χ1) is 33.5. The van der Waals surface area contributed by atoms with Crippen molar-refractivity contribution >= 4 is 17.9 Å². The third kappa shape index (κ3) is 52.0. The van der Waals surface area contributed by atoms with E-state index in [1.54, 1.807) is 0 Å². The lowest BCUT2D eigenvalue weighted by Crippen LogP contribution is -2.30. The van der Waals surface area contributed by atoms with Crippen LogP contribution >= 0.6 is 0 Å². The maximum atomic E-state index is 12.8. The van der Waals surface area contributed by atoms with Crippen molar-refractivity contribution in [3.63, 3.8) is 0 Å². The Morgan fingerprint density at radius 3 is 1.15 bits per heavy atom. The predicted molar refractivity (Wildman–Crippen MR) is 292 cm³/mol. The van der Waals surface area contributed by atoms with Crippen molar-refractivity contribution in [1.82, 2.24) is 0 Å². The molecule has 0 aliphatic heterocycles. The van der Waals surface area contributed by atoms with Gasteiger partial charge < -0.3 is 14.2 Å². The largest absolute Gasteiger partial charge is 0.462 e. The van der Waals surface area contributed by atoms with Gasteiger partial charge in [-0.2, -0.15) is 0 Å². The fourth-order valence-electron chi connectivity index (χ4n) is 6.48. The highest BCUT2D eigenvalue weighted by molar-refractivity contribution is 5.71. The molecular formula is C62H94O6. The summed E-state index contributed by atoms with van der Waals surface area (Å²) in [6, 6.07) is 0. The van der Waals surface area contributed by atoms with Crippen LogP contribution in [-0.2, 0) is 28.6 Å². The smallest absolute Gasteiger partial charge is 0.306 e. The van der Waals surface area contributed by atoms with E-state index >= 15 is 0 Å². The summed E-state index contributed by atoms with van der Waals surface area (Å²) in [5.74, 6) is -1.09. The van der Waals surface area contributed by atoms with Gasteiger partial charge in [0.05, 0.1) is 0 Å². The lowest BCUT2D eigenvalue weighted by atomic mass is 10.1. The molecule has 0 bridgehead atoms. The van der Waals surface area contributed by atoms with Gasteiger partial charge in [-0.1, -0.05) is 230 Å². The summed E-state index contributed by atoms with van der Waals surface area (Å²) < 4.78 is 16.7. The fourth-order valence-corrected chi connectivity index (χ4v) is 6.48. The molecule has 0 saturated heterocycles. The van der Waals surface area contributed by atoms with Crippen LogP contribution in [-0.4, -0.2) is 37.2 Å². The van der Waals surface area contributed by atoms with E-state index in [1.807, 2.05) is 48.6 Å². The molecule has 68 heavy (non-hydrogen) atoms. The van der Waals surface area contributed by atoms with E-state index in [4.69, 9.17) is 14.2 Å². The van der Waals surface area contributed by atoms with Gasteiger partial charge >= 0.3 is 17.9 Å². The molecule has 0 heterocycles. The molecular weight excluding hydrogens is 841 g/mol. The third-order valence-electron chi connectivity index (χ3n) is 10.4. The van der Waals surface area contributed by atoms with Crippen LogP contribution in [0.25, 0.3) is 0 Å². The van der Waals surface area contributed by atoms with Crippen molar-refractivity contribution in [2.45, 2.75) is 200 Å². The van der Waals surface area contributed by atoms with E-state index < -0.39 is 6.10 Å². The third-order valence-corrected chi connectivity index (χ3v) is 10.4. The zero-order valence-electron chi connectivity index (χ0n) is 43.0. The second-order valence-corrected chi connectivity index (χ2v) is 16.8. The Labute approximate surface area is 416 Å². The minimum atomic E-state index is -0.844. The van der Waals surface area contributed by atoms with Crippen molar-refractivity contribution in [2.24, 2.45) is 0 Å². The molecule has 378 valence electrons. The number of allylic oxidation sites excluding steroid dienone is 26. The fraction of sp³-hybridized carbons (Fsp3) is 0.532. The molecule has 0 aliphatic rings. The maximum Gasteiger partial charge on any atom is 0.306 e. The average molecular weight is 935 g/mol. The first-order valence-electron chi connectivity index (χ1n) is 26.6. The van der Waals surface area contributed by atoms with Crippen LogP contribution < -0.4 is 0 Å². The van der Waals surface area contributed by atoms with Crippen LogP contribution in [0.15, 0.2) is 158 Å². The Balaban J connectivity index is 4.63. The van der Waals surface area contributed by atoms with Crippen LogP contribution in [0.2, 0.25) is 0 Å². The lowest BCUT2D eigenvalue weighted by Gasteiger charge is -2.18. The van der Waals surface area contributed by atoms with E-state index in [0.29, 0.717) is 12.8 Å². The van der Waals surface area contributed by atoms with E-state index in [0.717, 1.165) is 109 Å². The molecule has 0 radical (unpaired) electrons. The van der Waals surface area contributed by atoms with E-state index in [2.05, 4.69) is 130 Å². The van der Waals surface area contributed by atoms with Crippen molar-refractivity contribution in [1.29, 1.82) is 0 Å². The normalized spacial score (nSPS) is 13.4. The first kappa shape index (κ1) is 63.0. The van der Waals surface area contributed by atoms with Gasteiger partial charge in [0.25, 0.3) is 0 Å². The summed E-state index contributed by atoms with van der Waals surface area (Å²) in [7, 11) is 0. The van der Waals surface area contributed by atoms with Crippen LogP contribution in [0.5, 0.6) is 0 Å². The molecule has 6 nitrogen and oxygen atoms in total. The van der Waals surface area contributed by atoms with Gasteiger partial charge in [0.15, 0.2) is 6.10 Å². The SMILES string of the molecule is CC\C=C/C=C\C=C/C=C\CCCCCC(=O)OCC(COC(=O)CC/C=C\C/C=C\C/C=C\C/C=C\C/C=C\C/C=C\CC)OC(=O)CCCCCCC\C=C/C=C\C=C/CCCCCCC. The Morgan fingerprint density at radius 1 is 0.324 bits per heavy atom. The highest BCUT2D eigenvalue weighted by Crippen LogP contribution is 2.11. The molecule has 0 amide bonds. The van der Waals surface area contributed by atoms with Crippen LogP contribution in [0.4, 0.5) is 0 Å². The highest BCUT2D eigenvalue weighted by atomic mass is 16.6. The predicted octanol–water partition coefficient (Wildman–Crippen LogP) is 17.8. The lowest BCUT2D eigenvalue weighted by molar-refractivity contribution is -0.166. The first-order valence-corrected chi connectivity index (χ1v) is 26.6. The minimum absolute atomic E-state index is 0.138. The topological polar surface area (TPSA) is 78.9 Å². The van der Waals surface area contributed by atoms with Crippen LogP contribution in [0.1, 0.15) is 194 Å². The number of carbonyl (C=O) groups is 3. The van der Waals surface area contributed by atoms with Gasteiger partial charge in [-0.15, -0.1) is 0 Å². The van der Waals surface area contributed by atoms with Crippen molar-refractivity contribution < 1.29 is 28.6 Å². The second-order valence-electron chi connectivity index (χ2n) is 16.8. The summed E-state index contributed by atoms with van der Waals surface area (Å²) in [4.78, 5) is 38.0. The van der Waals surface area contributed by atoms with Crippen LogP contribution in [0, 0.1) is 0 Å². The quantitative estimate of drug-likeness (QED) is 0.0199. The molecule has 1 atom stereocenters. The number of esters is 3. The molecule has 0 N–H and O–H groups in total. The Morgan fingerprint density at radius 2 is 0.676 bits per heavy atom. The van der Waals surface area contributed by atoms with E-state index in [-0.39, 0.29) is 50.4 Å². The zero-order chi connectivity index (χ0) is 49.3. The summed E-state index contributed by atoms with van der Waals surface area (Å²) in [5.41, 5.74) is 0. The molecule has 0 aromatic heterocycles. The Bertz CT molecular complexity index is 1590. The summed E-state index contributed by atoms with van der Waals surface area (Å²) in [6.45, 7) is 6.22. The van der Waals surface area contributed by atoms with Crippen molar-refractivity contribution in [3.05, 3.63) is 158 Å².